The van der Waals surface area contributed by atoms with Crippen LogP contribution in [-0.2, 0) is 81.5 Å². The van der Waals surface area contributed by atoms with Gasteiger partial charge in [0.2, 0.25) is 0 Å². The van der Waals surface area contributed by atoms with Gasteiger partial charge in [-0.25, -0.2) is 0 Å². The molecule has 0 aliphatic carbocycles. The summed E-state index contributed by atoms with van der Waals surface area (Å²) in [6, 6.07) is 2.57. The third-order valence-electron chi connectivity index (χ3n) is 16.5. The van der Waals surface area contributed by atoms with Gasteiger partial charge in [-0.2, -0.15) is 0 Å². The van der Waals surface area contributed by atoms with Crippen LogP contribution in [0, 0.1) is 0 Å². The monoisotopic (exact) mass is 1580 g/mol. The second-order valence-corrected chi connectivity index (χ2v) is 39.6. The fourth-order valence-electron chi connectivity index (χ4n) is 10.4. The lowest BCUT2D eigenvalue weighted by atomic mass is 10.2. The molecule has 14 N–H and O–H groups in total. The molecular formula is C66H154N10O24Si4. The number of aliphatic hydroxyl groups is 6. The van der Waals surface area contributed by atoms with Crippen molar-refractivity contribution in [2.75, 3.05) is 295 Å². The van der Waals surface area contributed by atoms with Crippen LogP contribution in [0.25, 0.3) is 0 Å². The molecule has 0 heterocycles. The summed E-state index contributed by atoms with van der Waals surface area (Å²) in [6.07, 6.45) is -0.892. The van der Waals surface area contributed by atoms with E-state index in [1.54, 1.807) is 85.3 Å². The second kappa shape index (κ2) is 66.0. The molecular weight excluding hydrogens is 1430 g/mol. The third kappa shape index (κ3) is 57.5. The van der Waals surface area contributed by atoms with Gasteiger partial charge in [0, 0.05) is 280 Å². The van der Waals surface area contributed by atoms with Gasteiger partial charge in [-0.05, 0) is 67.2 Å². The largest absolute Gasteiger partial charge is 0.500 e. The summed E-state index contributed by atoms with van der Waals surface area (Å²) in [5.41, 5.74) is 5.21. The van der Waals surface area contributed by atoms with Crippen molar-refractivity contribution in [3.63, 3.8) is 0 Å². The minimum atomic E-state index is -2.63. The van der Waals surface area contributed by atoms with E-state index in [9.17, 15) is 30.6 Å². The molecule has 0 bridgehead atoms. The first-order valence-corrected chi connectivity index (χ1v) is 44.7. The first kappa shape index (κ1) is 106. The Hall–Kier alpha value is -0.492. The van der Waals surface area contributed by atoms with Gasteiger partial charge in [-0.1, -0.05) is 0 Å². The number of hydrogen-bond donors (Lipinski definition) is 13. The van der Waals surface area contributed by atoms with Gasteiger partial charge < -0.3 is 150 Å². The van der Waals surface area contributed by atoms with E-state index in [0.29, 0.717) is 168 Å². The van der Waals surface area contributed by atoms with Gasteiger partial charge in [-0.15, -0.1) is 0 Å². The van der Waals surface area contributed by atoms with Crippen molar-refractivity contribution in [3.05, 3.63) is 0 Å². The molecule has 0 aliphatic rings. The van der Waals surface area contributed by atoms with Crippen molar-refractivity contribution in [1.29, 1.82) is 0 Å². The van der Waals surface area contributed by atoms with E-state index in [-0.39, 0.29) is 50.8 Å². The number of nitrogens with one attached hydrogen (secondary N) is 6. The summed E-state index contributed by atoms with van der Waals surface area (Å²) < 4.78 is 99.3. The van der Waals surface area contributed by atoms with Crippen molar-refractivity contribution >= 4 is 35.2 Å². The topological polar surface area (TPSA) is 395 Å². The van der Waals surface area contributed by atoms with Crippen molar-refractivity contribution < 1.29 is 112 Å². The zero-order chi connectivity index (χ0) is 78.5. The number of rotatable bonds is 75. The smallest absolute Gasteiger partial charge is 0.389 e. The van der Waals surface area contributed by atoms with Crippen LogP contribution in [0.3, 0.4) is 0 Å². The Balaban J connectivity index is 0. The van der Waals surface area contributed by atoms with Crippen LogP contribution in [0.2, 0.25) is 24.2 Å². The zero-order valence-corrected chi connectivity index (χ0v) is 71.7. The lowest BCUT2D eigenvalue weighted by Gasteiger charge is -2.28. The molecule has 6 atom stereocenters. The normalized spacial score (nSPS) is 14.8. The Morgan fingerprint density at radius 2 is 0.510 bits per heavy atom. The van der Waals surface area contributed by atoms with E-state index in [2.05, 4.69) is 46.6 Å². The van der Waals surface area contributed by atoms with Crippen molar-refractivity contribution in [1.82, 2.24) is 46.6 Å². The fourth-order valence-corrected chi connectivity index (χ4v) is 17.1. The highest BCUT2D eigenvalue weighted by atomic mass is 28.4. The van der Waals surface area contributed by atoms with Gasteiger partial charge in [0.05, 0.1) is 87.5 Å². The number of aliphatic hydroxyl groups excluding tert-OH is 6. The van der Waals surface area contributed by atoms with E-state index >= 15 is 0 Å². The lowest BCUT2D eigenvalue weighted by Crippen LogP contribution is -2.45. The molecule has 0 fully saturated rings. The van der Waals surface area contributed by atoms with Crippen LogP contribution in [0.5, 0.6) is 0 Å². The van der Waals surface area contributed by atoms with Crippen molar-refractivity contribution in [2.24, 2.45) is 5.73 Å². The van der Waals surface area contributed by atoms with Crippen LogP contribution in [0.1, 0.15) is 67.2 Å². The van der Waals surface area contributed by atoms with E-state index in [1.807, 2.05) is 41.5 Å². The highest BCUT2D eigenvalue weighted by Crippen LogP contribution is 2.19. The van der Waals surface area contributed by atoms with Crippen molar-refractivity contribution in [2.45, 2.75) is 139 Å². The third-order valence-corrected chi connectivity index (χ3v) is 27.8. The molecule has 0 amide bonds. The van der Waals surface area contributed by atoms with Crippen molar-refractivity contribution in [3.8, 4) is 0 Å². The molecule has 0 aromatic carbocycles. The molecule has 6 unspecified atom stereocenters. The number of hydrogen-bond acceptors (Lipinski definition) is 34. The van der Waals surface area contributed by atoms with Gasteiger partial charge in [0.15, 0.2) is 0 Å². The van der Waals surface area contributed by atoms with Gasteiger partial charge in [0.25, 0.3) is 0 Å². The van der Waals surface area contributed by atoms with Crippen LogP contribution >= 0.6 is 0 Å². The summed E-state index contributed by atoms with van der Waals surface area (Å²) in [7, 11) is 8.62. The van der Waals surface area contributed by atoms with Crippen LogP contribution in [-0.4, -0.2) is 424 Å². The number of nitrogens with zero attached hydrogens (tertiary/aromatic N) is 3. The number of nitrogens with two attached hydrogens (primary N) is 1. The Labute approximate surface area is 631 Å². The Morgan fingerprint density at radius 1 is 0.298 bits per heavy atom. The molecule has 0 aliphatic heterocycles. The van der Waals surface area contributed by atoms with Crippen LogP contribution in [0.15, 0.2) is 0 Å². The van der Waals surface area contributed by atoms with Gasteiger partial charge >= 0.3 is 35.2 Å². The summed E-state index contributed by atoms with van der Waals surface area (Å²) in [4.78, 5) is 6.48. The highest BCUT2D eigenvalue weighted by molar-refractivity contribution is 6.61. The molecule has 0 spiro atoms. The Bertz CT molecular complexity index is 1850. The minimum Gasteiger partial charge on any atom is -0.389 e. The van der Waals surface area contributed by atoms with E-state index in [4.69, 9.17) is 87.3 Å². The predicted molar refractivity (Wildman–Crippen MR) is 411 cm³/mol. The van der Waals surface area contributed by atoms with E-state index < -0.39 is 71.8 Å². The minimum absolute atomic E-state index is 0.219. The molecule has 628 valence electrons. The molecule has 0 aromatic heterocycles. The lowest BCUT2D eigenvalue weighted by molar-refractivity contribution is -0.0559. The molecule has 0 aromatic rings. The van der Waals surface area contributed by atoms with Crippen LogP contribution in [0.4, 0.5) is 0 Å². The second-order valence-electron chi connectivity index (χ2n) is 27.2. The average Bonchev–Trinajstić information content (AvgIpc) is 0.928. The van der Waals surface area contributed by atoms with Crippen LogP contribution < -0.4 is 37.6 Å². The fraction of sp³-hybridized carbons (Fsp3) is 1.00. The molecule has 0 saturated carbocycles. The Morgan fingerprint density at radius 3 is 0.788 bits per heavy atom. The summed E-state index contributed by atoms with van der Waals surface area (Å²) >= 11 is 0. The first-order valence-electron chi connectivity index (χ1n) is 37.0. The SMILES string of the molecule is CO[Si](CCCOCC(O)CNCCN(CCNCCN(CCN)CC(O)COCCC[Si](OC)(OC)OC)CC(O)COC(C)(C)C)(OC)OC.CO[Si](CCCOCC(O)CNCCNCCNCCN(CCNCC(O)COC(C)(C)C)CC(O)COCCC[Si](OC)(OC)OC)(OC)OC. The predicted octanol–water partition coefficient (Wildman–Crippen LogP) is -1.69. The van der Waals surface area contributed by atoms with Gasteiger partial charge in [-0.3, -0.25) is 14.7 Å². The standard InChI is InChI=1S/2C33H77N5O12Si2/c1-33(2,3)50-29-32(41)26-38(19-15-36-24-30(39)27-48-20-10-22-51(42-4,43-5)44-6)18-14-35-13-17-37(16-12-34)25-31(40)28-49-21-11-23-52(45-7,46-8)47-9;1-33(2,3)50-29-31(40)25-37-17-19-38(26-32(41)28-49-21-11-23-52(45-7,46-8)47-9)18-16-35-13-12-34-14-15-36-24-30(39)27-48-20-10-22-51(42-4,43-5)44-6/h30-32,35-36,39-41H,10-29,34H2,1-9H3;30-32,34-37,39-41H,10-29H2,1-9H3. The molecule has 0 saturated heterocycles. The van der Waals surface area contributed by atoms with E-state index in [0.717, 1.165) is 52.2 Å². The molecule has 38 heteroatoms. The summed E-state index contributed by atoms with van der Waals surface area (Å²) in [5, 5.41) is 82.9. The van der Waals surface area contributed by atoms with E-state index in [1.165, 1.54) is 0 Å². The molecule has 104 heavy (non-hydrogen) atoms. The maximum Gasteiger partial charge on any atom is 0.500 e. The maximum absolute atomic E-state index is 10.7. The summed E-state index contributed by atoms with van der Waals surface area (Å²) in [5.74, 6) is 0. The summed E-state index contributed by atoms with van der Waals surface area (Å²) in [6.45, 7) is 29.1. The highest BCUT2D eigenvalue weighted by Gasteiger charge is 2.40. The molecule has 34 nitrogen and oxygen atoms in total. The Kier molecular flexibility index (Phi) is 67.0. The molecule has 0 rings (SSSR count). The quantitative estimate of drug-likeness (QED) is 0.0239. The first-order chi connectivity index (χ1) is 49.6. The average molecular weight is 1580 g/mol. The van der Waals surface area contributed by atoms with Gasteiger partial charge in [0.1, 0.15) is 0 Å². The zero-order valence-electron chi connectivity index (χ0n) is 67.7. The maximum atomic E-state index is 10.7. The number of ether oxygens (including phenoxy) is 6. The molecule has 0 radical (unpaired) electrons.